The van der Waals surface area contributed by atoms with Crippen LogP contribution in [0.3, 0.4) is 0 Å². The van der Waals surface area contributed by atoms with Crippen LogP contribution in [0.2, 0.25) is 0 Å². The fourth-order valence-corrected chi connectivity index (χ4v) is 2.13. The SMILES string of the molecule is O=C(CCOC1CCNCC1)NC1CCC1. The molecule has 2 N–H and O–H groups in total. The van der Waals surface area contributed by atoms with Crippen molar-refractivity contribution >= 4 is 5.91 Å². The largest absolute Gasteiger partial charge is 0.378 e. The van der Waals surface area contributed by atoms with Crippen LogP contribution >= 0.6 is 0 Å². The summed E-state index contributed by atoms with van der Waals surface area (Å²) in [4.78, 5) is 11.5. The van der Waals surface area contributed by atoms with Crippen molar-refractivity contribution in [1.29, 1.82) is 0 Å². The molecular weight excluding hydrogens is 204 g/mol. The van der Waals surface area contributed by atoms with Gasteiger partial charge in [-0.05, 0) is 45.2 Å². The molecule has 92 valence electrons. The highest BCUT2D eigenvalue weighted by atomic mass is 16.5. The molecule has 2 aliphatic rings. The minimum atomic E-state index is 0.152. The van der Waals surface area contributed by atoms with Gasteiger partial charge in [0.05, 0.1) is 12.7 Å². The van der Waals surface area contributed by atoms with E-state index in [1.54, 1.807) is 0 Å². The average molecular weight is 226 g/mol. The molecule has 16 heavy (non-hydrogen) atoms. The number of carbonyl (C=O) groups excluding carboxylic acids is 1. The summed E-state index contributed by atoms with van der Waals surface area (Å²) >= 11 is 0. The Hall–Kier alpha value is -0.610. The van der Waals surface area contributed by atoms with Gasteiger partial charge in [-0.1, -0.05) is 0 Å². The highest BCUT2D eigenvalue weighted by Gasteiger charge is 2.19. The topological polar surface area (TPSA) is 50.4 Å². The molecule has 1 aliphatic carbocycles. The number of piperidine rings is 1. The number of hydrogen-bond donors (Lipinski definition) is 2. The second kappa shape index (κ2) is 6.21. The summed E-state index contributed by atoms with van der Waals surface area (Å²) in [5, 5.41) is 6.32. The van der Waals surface area contributed by atoms with E-state index in [-0.39, 0.29) is 5.91 Å². The van der Waals surface area contributed by atoms with Crippen molar-refractivity contribution in [2.24, 2.45) is 0 Å². The van der Waals surface area contributed by atoms with Crippen LogP contribution in [0.1, 0.15) is 38.5 Å². The Balaban J connectivity index is 1.51. The zero-order valence-corrected chi connectivity index (χ0v) is 9.84. The Morgan fingerprint density at radius 3 is 2.62 bits per heavy atom. The number of hydrogen-bond acceptors (Lipinski definition) is 3. The van der Waals surface area contributed by atoms with Crippen LogP contribution < -0.4 is 10.6 Å². The predicted octanol–water partition coefficient (Wildman–Crippen LogP) is 0.814. The monoisotopic (exact) mass is 226 g/mol. The third-order valence-electron chi connectivity index (χ3n) is 3.44. The fourth-order valence-electron chi connectivity index (χ4n) is 2.13. The third-order valence-corrected chi connectivity index (χ3v) is 3.44. The van der Waals surface area contributed by atoms with Crippen LogP contribution in [0.5, 0.6) is 0 Å². The first-order valence-electron chi connectivity index (χ1n) is 6.46. The zero-order valence-electron chi connectivity index (χ0n) is 9.84. The summed E-state index contributed by atoms with van der Waals surface area (Å²) in [5.41, 5.74) is 0. The normalized spacial score (nSPS) is 22.8. The molecule has 0 aromatic carbocycles. The third kappa shape index (κ3) is 3.76. The van der Waals surface area contributed by atoms with Gasteiger partial charge in [-0.15, -0.1) is 0 Å². The van der Waals surface area contributed by atoms with Gasteiger partial charge in [-0.2, -0.15) is 0 Å². The molecule has 0 spiro atoms. The van der Waals surface area contributed by atoms with Crippen molar-refractivity contribution in [2.45, 2.75) is 50.7 Å². The molecule has 0 aromatic rings. The molecule has 1 heterocycles. The Labute approximate surface area is 97.1 Å². The van der Waals surface area contributed by atoms with E-state index in [9.17, 15) is 4.79 Å². The molecule has 1 amide bonds. The Morgan fingerprint density at radius 2 is 2.00 bits per heavy atom. The number of nitrogens with one attached hydrogen (secondary N) is 2. The van der Waals surface area contributed by atoms with Gasteiger partial charge in [0.25, 0.3) is 0 Å². The molecule has 1 saturated heterocycles. The van der Waals surface area contributed by atoms with E-state index in [2.05, 4.69) is 10.6 Å². The molecule has 4 nitrogen and oxygen atoms in total. The first-order chi connectivity index (χ1) is 7.84. The summed E-state index contributed by atoms with van der Waals surface area (Å²) in [6.45, 7) is 2.65. The summed E-state index contributed by atoms with van der Waals surface area (Å²) in [7, 11) is 0. The van der Waals surface area contributed by atoms with E-state index in [0.29, 0.717) is 25.2 Å². The second-order valence-electron chi connectivity index (χ2n) is 4.77. The maximum Gasteiger partial charge on any atom is 0.222 e. The summed E-state index contributed by atoms with van der Waals surface area (Å²) in [6.07, 6.45) is 6.59. The molecule has 0 atom stereocenters. The maximum atomic E-state index is 11.5. The molecule has 2 fully saturated rings. The molecule has 0 bridgehead atoms. The van der Waals surface area contributed by atoms with Crippen molar-refractivity contribution in [1.82, 2.24) is 10.6 Å². The minimum Gasteiger partial charge on any atom is -0.378 e. The van der Waals surface area contributed by atoms with Crippen LogP contribution in [-0.4, -0.2) is 37.7 Å². The summed E-state index contributed by atoms with van der Waals surface area (Å²) < 4.78 is 5.69. The van der Waals surface area contributed by atoms with Crippen molar-refractivity contribution in [2.75, 3.05) is 19.7 Å². The Kier molecular flexibility index (Phi) is 4.60. The average Bonchev–Trinajstić information content (AvgIpc) is 2.25. The lowest BCUT2D eigenvalue weighted by molar-refractivity contribution is -0.124. The van der Waals surface area contributed by atoms with Gasteiger partial charge in [0.2, 0.25) is 5.91 Å². The number of amides is 1. The van der Waals surface area contributed by atoms with Gasteiger partial charge in [0.1, 0.15) is 0 Å². The Bertz CT molecular complexity index is 223. The van der Waals surface area contributed by atoms with Crippen LogP contribution in [0.25, 0.3) is 0 Å². The standard InChI is InChI=1S/C12H22N2O2/c15-12(14-10-2-1-3-10)6-9-16-11-4-7-13-8-5-11/h10-11,13H,1-9H2,(H,14,15). The van der Waals surface area contributed by atoms with Crippen LogP contribution in [0, 0.1) is 0 Å². The van der Waals surface area contributed by atoms with E-state index in [1.807, 2.05) is 0 Å². The summed E-state index contributed by atoms with van der Waals surface area (Å²) in [5.74, 6) is 0.152. The molecule has 0 radical (unpaired) electrons. The first-order valence-corrected chi connectivity index (χ1v) is 6.46. The van der Waals surface area contributed by atoms with E-state index in [1.165, 1.54) is 6.42 Å². The summed E-state index contributed by atoms with van der Waals surface area (Å²) in [6, 6.07) is 0.450. The van der Waals surface area contributed by atoms with Crippen LogP contribution in [0.4, 0.5) is 0 Å². The lowest BCUT2D eigenvalue weighted by Gasteiger charge is -2.27. The molecule has 2 rings (SSSR count). The van der Waals surface area contributed by atoms with Crippen molar-refractivity contribution in [3.05, 3.63) is 0 Å². The molecule has 4 heteroatoms. The van der Waals surface area contributed by atoms with E-state index in [0.717, 1.165) is 38.8 Å². The van der Waals surface area contributed by atoms with Gasteiger partial charge >= 0.3 is 0 Å². The highest BCUT2D eigenvalue weighted by Crippen LogP contribution is 2.18. The minimum absolute atomic E-state index is 0.152. The van der Waals surface area contributed by atoms with E-state index in [4.69, 9.17) is 4.74 Å². The predicted molar refractivity (Wildman–Crippen MR) is 62.2 cm³/mol. The molecule has 1 saturated carbocycles. The van der Waals surface area contributed by atoms with E-state index < -0.39 is 0 Å². The number of rotatable bonds is 5. The lowest BCUT2D eigenvalue weighted by atomic mass is 9.93. The quantitative estimate of drug-likeness (QED) is 0.729. The fraction of sp³-hybridized carbons (Fsp3) is 0.917. The van der Waals surface area contributed by atoms with Crippen LogP contribution in [0.15, 0.2) is 0 Å². The van der Waals surface area contributed by atoms with Crippen molar-refractivity contribution in [3.8, 4) is 0 Å². The van der Waals surface area contributed by atoms with Gasteiger partial charge in [-0.3, -0.25) is 4.79 Å². The molecule has 0 aromatic heterocycles. The Morgan fingerprint density at radius 1 is 1.25 bits per heavy atom. The van der Waals surface area contributed by atoms with Crippen LogP contribution in [-0.2, 0) is 9.53 Å². The maximum absolute atomic E-state index is 11.5. The molecular formula is C12H22N2O2. The van der Waals surface area contributed by atoms with Gasteiger partial charge in [0, 0.05) is 12.5 Å². The van der Waals surface area contributed by atoms with Crippen molar-refractivity contribution < 1.29 is 9.53 Å². The van der Waals surface area contributed by atoms with Crippen molar-refractivity contribution in [3.63, 3.8) is 0 Å². The van der Waals surface area contributed by atoms with E-state index >= 15 is 0 Å². The molecule has 0 unspecified atom stereocenters. The number of carbonyl (C=O) groups is 1. The smallest absolute Gasteiger partial charge is 0.222 e. The molecule has 1 aliphatic heterocycles. The second-order valence-corrected chi connectivity index (χ2v) is 4.77. The van der Waals surface area contributed by atoms with Gasteiger partial charge < -0.3 is 15.4 Å². The zero-order chi connectivity index (χ0) is 11.2. The van der Waals surface area contributed by atoms with Gasteiger partial charge in [-0.25, -0.2) is 0 Å². The van der Waals surface area contributed by atoms with Gasteiger partial charge in [0.15, 0.2) is 0 Å². The lowest BCUT2D eigenvalue weighted by Crippen LogP contribution is -2.40. The first kappa shape index (κ1) is 11.9. The number of ether oxygens (including phenoxy) is 1. The highest BCUT2D eigenvalue weighted by molar-refractivity contribution is 5.76.